The first-order valence-corrected chi connectivity index (χ1v) is 9.23. The van der Waals surface area contributed by atoms with Crippen molar-refractivity contribution in [3.63, 3.8) is 0 Å². The van der Waals surface area contributed by atoms with E-state index in [9.17, 15) is 4.79 Å². The molecule has 0 saturated carbocycles. The monoisotopic (exact) mass is 346 g/mol. The van der Waals surface area contributed by atoms with Gasteiger partial charge in [-0.25, -0.2) is 0 Å². The van der Waals surface area contributed by atoms with Crippen molar-refractivity contribution in [1.82, 2.24) is 20.1 Å². The lowest BCUT2D eigenvalue weighted by Crippen LogP contribution is -2.26. The topological polar surface area (TPSA) is 73.0 Å². The number of allylic oxidation sites excluding steroid dienone is 1. The number of thioether (sulfide) groups is 1. The lowest BCUT2D eigenvalue weighted by atomic mass is 9.97. The van der Waals surface area contributed by atoms with Gasteiger partial charge in [-0.1, -0.05) is 23.4 Å². The molecule has 1 N–H and O–H groups in total. The van der Waals surface area contributed by atoms with Crippen LogP contribution in [0.5, 0.6) is 0 Å². The summed E-state index contributed by atoms with van der Waals surface area (Å²) in [5, 5.41) is 11.9. The third-order valence-corrected chi connectivity index (χ3v) is 5.08. The van der Waals surface area contributed by atoms with Gasteiger partial charge < -0.3 is 14.3 Å². The first-order valence-electron chi connectivity index (χ1n) is 8.24. The first-order chi connectivity index (χ1) is 11.7. The molecular weight excluding hydrogens is 324 g/mol. The van der Waals surface area contributed by atoms with E-state index in [1.165, 1.54) is 43.0 Å². The molecule has 0 radical (unpaired) electrons. The van der Waals surface area contributed by atoms with Crippen LogP contribution in [-0.4, -0.2) is 33.0 Å². The molecular formula is C17H22N4O2S. The minimum atomic E-state index is 0.0268. The number of carbonyl (C=O) groups excluding carboxylic acids is 1. The molecule has 2 aromatic heterocycles. The fourth-order valence-corrected chi connectivity index (χ4v) is 3.48. The lowest BCUT2D eigenvalue weighted by molar-refractivity contribution is -0.118. The van der Waals surface area contributed by atoms with Gasteiger partial charge in [0.05, 0.1) is 12.0 Å². The van der Waals surface area contributed by atoms with Crippen LogP contribution < -0.4 is 5.32 Å². The molecule has 7 heteroatoms. The summed E-state index contributed by atoms with van der Waals surface area (Å²) in [4.78, 5) is 12.0. The van der Waals surface area contributed by atoms with Gasteiger partial charge in [0.15, 0.2) is 16.7 Å². The average Bonchev–Trinajstić information content (AvgIpc) is 3.24. The van der Waals surface area contributed by atoms with Crippen LogP contribution in [0.15, 0.2) is 39.6 Å². The molecule has 1 amide bonds. The second-order valence-corrected chi connectivity index (χ2v) is 6.78. The van der Waals surface area contributed by atoms with E-state index in [0.29, 0.717) is 29.0 Å². The molecule has 6 nitrogen and oxygen atoms in total. The molecule has 0 aromatic carbocycles. The summed E-state index contributed by atoms with van der Waals surface area (Å²) < 4.78 is 7.17. The van der Waals surface area contributed by atoms with Gasteiger partial charge in [-0.2, -0.15) is 0 Å². The van der Waals surface area contributed by atoms with Crippen LogP contribution in [0.4, 0.5) is 0 Å². The van der Waals surface area contributed by atoms with Crippen LogP contribution in [0.1, 0.15) is 32.1 Å². The zero-order chi connectivity index (χ0) is 16.8. The summed E-state index contributed by atoms with van der Waals surface area (Å²) in [5.41, 5.74) is 1.48. The van der Waals surface area contributed by atoms with E-state index >= 15 is 0 Å². The van der Waals surface area contributed by atoms with Crippen molar-refractivity contribution in [2.45, 2.75) is 37.3 Å². The van der Waals surface area contributed by atoms with Crippen molar-refractivity contribution in [3.8, 4) is 11.6 Å². The van der Waals surface area contributed by atoms with E-state index in [1.807, 2.05) is 23.7 Å². The Kier molecular flexibility index (Phi) is 5.74. The summed E-state index contributed by atoms with van der Waals surface area (Å²) in [6.45, 7) is 0.710. The van der Waals surface area contributed by atoms with Gasteiger partial charge in [0.25, 0.3) is 0 Å². The number of amides is 1. The molecule has 24 heavy (non-hydrogen) atoms. The van der Waals surface area contributed by atoms with Crippen molar-refractivity contribution in [2.75, 3.05) is 12.3 Å². The first kappa shape index (κ1) is 16.8. The number of hydrogen-bond acceptors (Lipinski definition) is 5. The maximum absolute atomic E-state index is 12.0. The number of hydrogen-bond donors (Lipinski definition) is 1. The fourth-order valence-electron chi connectivity index (χ4n) is 2.74. The second-order valence-electron chi connectivity index (χ2n) is 5.84. The predicted molar refractivity (Wildman–Crippen MR) is 93.6 cm³/mol. The predicted octanol–water partition coefficient (Wildman–Crippen LogP) is 3.17. The van der Waals surface area contributed by atoms with Crippen LogP contribution in [0.25, 0.3) is 11.6 Å². The molecule has 3 rings (SSSR count). The van der Waals surface area contributed by atoms with Gasteiger partial charge in [0, 0.05) is 13.6 Å². The number of nitrogens with zero attached hydrogens (tertiary/aromatic N) is 3. The molecule has 0 saturated heterocycles. The molecule has 1 aliphatic carbocycles. The molecule has 128 valence electrons. The molecule has 2 aromatic rings. The summed E-state index contributed by atoms with van der Waals surface area (Å²) >= 11 is 1.38. The van der Waals surface area contributed by atoms with Gasteiger partial charge in [0.1, 0.15) is 0 Å². The quantitative estimate of drug-likeness (QED) is 0.616. The highest BCUT2D eigenvalue weighted by Crippen LogP contribution is 2.23. The minimum Gasteiger partial charge on any atom is -0.461 e. The molecule has 1 aliphatic rings. The van der Waals surface area contributed by atoms with Crippen molar-refractivity contribution in [2.24, 2.45) is 7.05 Å². The number of carbonyl (C=O) groups is 1. The zero-order valence-corrected chi connectivity index (χ0v) is 14.6. The highest BCUT2D eigenvalue weighted by Gasteiger charge is 2.14. The number of rotatable bonds is 7. The molecule has 0 bridgehead atoms. The molecule has 2 heterocycles. The highest BCUT2D eigenvalue weighted by molar-refractivity contribution is 7.99. The molecule has 0 spiro atoms. The number of nitrogens with one attached hydrogen (secondary N) is 1. The summed E-state index contributed by atoms with van der Waals surface area (Å²) in [6.07, 6.45) is 9.82. The van der Waals surface area contributed by atoms with Crippen LogP contribution in [-0.2, 0) is 11.8 Å². The SMILES string of the molecule is Cn1c(SCC(=O)NCCC2=CCCCC2)nnc1-c1ccco1. The fraction of sp³-hybridized carbons (Fsp3) is 0.471. The molecule has 0 fully saturated rings. The van der Waals surface area contributed by atoms with Crippen molar-refractivity contribution < 1.29 is 9.21 Å². The van der Waals surface area contributed by atoms with Crippen LogP contribution >= 0.6 is 11.8 Å². The largest absolute Gasteiger partial charge is 0.461 e. The standard InChI is InChI=1S/C17H22N4O2S/c1-21-16(14-8-5-11-23-14)19-20-17(21)24-12-15(22)18-10-9-13-6-3-2-4-7-13/h5-6,8,11H,2-4,7,9-10,12H2,1H3,(H,18,22). The van der Waals surface area contributed by atoms with Gasteiger partial charge >= 0.3 is 0 Å². The van der Waals surface area contributed by atoms with Crippen molar-refractivity contribution >= 4 is 17.7 Å². The summed E-state index contributed by atoms with van der Waals surface area (Å²) in [7, 11) is 1.87. The normalized spacial score (nSPS) is 14.5. The van der Waals surface area contributed by atoms with Gasteiger partial charge in [-0.05, 0) is 44.2 Å². The Labute approximate surface area is 145 Å². The Bertz CT molecular complexity index is 706. The molecule has 0 unspecified atom stereocenters. The van der Waals surface area contributed by atoms with Crippen LogP contribution in [0, 0.1) is 0 Å². The Hall–Kier alpha value is -2.02. The molecule has 0 atom stereocenters. The van der Waals surface area contributed by atoms with Crippen LogP contribution in [0.2, 0.25) is 0 Å². The van der Waals surface area contributed by atoms with E-state index in [1.54, 1.807) is 6.26 Å². The Morgan fingerprint density at radius 1 is 1.42 bits per heavy atom. The zero-order valence-electron chi connectivity index (χ0n) is 13.8. The molecule has 0 aliphatic heterocycles. The van der Waals surface area contributed by atoms with E-state index < -0.39 is 0 Å². The number of furan rings is 1. The Morgan fingerprint density at radius 3 is 3.08 bits per heavy atom. The Morgan fingerprint density at radius 2 is 2.33 bits per heavy atom. The number of aromatic nitrogens is 3. The third kappa shape index (κ3) is 4.29. The van der Waals surface area contributed by atoms with E-state index in [4.69, 9.17) is 4.42 Å². The summed E-state index contributed by atoms with van der Waals surface area (Å²) in [5.74, 6) is 1.69. The van der Waals surface area contributed by atoms with Crippen molar-refractivity contribution in [3.05, 3.63) is 30.0 Å². The maximum Gasteiger partial charge on any atom is 0.230 e. The summed E-state index contributed by atoms with van der Waals surface area (Å²) in [6, 6.07) is 3.65. The van der Waals surface area contributed by atoms with E-state index in [0.717, 1.165) is 6.42 Å². The van der Waals surface area contributed by atoms with E-state index in [2.05, 4.69) is 21.6 Å². The minimum absolute atomic E-state index is 0.0268. The smallest absolute Gasteiger partial charge is 0.230 e. The highest BCUT2D eigenvalue weighted by atomic mass is 32.2. The second kappa shape index (κ2) is 8.19. The maximum atomic E-state index is 12.0. The van der Waals surface area contributed by atoms with Gasteiger partial charge in [-0.15, -0.1) is 10.2 Å². The average molecular weight is 346 g/mol. The third-order valence-electron chi connectivity index (χ3n) is 4.06. The van der Waals surface area contributed by atoms with Gasteiger partial charge in [-0.3, -0.25) is 4.79 Å². The van der Waals surface area contributed by atoms with Gasteiger partial charge in [0.2, 0.25) is 5.91 Å². The van der Waals surface area contributed by atoms with E-state index in [-0.39, 0.29) is 5.91 Å². The lowest BCUT2D eigenvalue weighted by Gasteiger charge is -2.12. The Balaban J connectivity index is 1.44. The van der Waals surface area contributed by atoms with Crippen molar-refractivity contribution in [1.29, 1.82) is 0 Å². The van der Waals surface area contributed by atoms with Crippen LogP contribution in [0.3, 0.4) is 0 Å².